The fourth-order valence-electron chi connectivity index (χ4n) is 1.91. The molecular weight excluding hydrogens is 254 g/mol. The highest BCUT2D eigenvalue weighted by Gasteiger charge is 2.15. The van der Waals surface area contributed by atoms with E-state index in [0.717, 1.165) is 5.75 Å². The summed E-state index contributed by atoms with van der Waals surface area (Å²) in [5, 5.41) is 0.300. The summed E-state index contributed by atoms with van der Waals surface area (Å²) in [7, 11) is 1.68. The average Bonchev–Trinajstić information content (AvgIpc) is 2.47. The van der Waals surface area contributed by atoms with Crippen molar-refractivity contribution in [3.63, 3.8) is 0 Å². The monoisotopic (exact) mass is 273 g/mol. The number of rotatable bonds is 5. The Morgan fingerprint density at radius 3 is 2.47 bits per heavy atom. The van der Waals surface area contributed by atoms with E-state index in [0.29, 0.717) is 5.25 Å². The molecule has 2 aromatic rings. The lowest BCUT2D eigenvalue weighted by Crippen LogP contribution is -2.20. The first-order chi connectivity index (χ1) is 9.20. The van der Waals surface area contributed by atoms with Crippen molar-refractivity contribution in [3.05, 3.63) is 60.2 Å². The minimum Gasteiger partial charge on any atom is -0.497 e. The quantitative estimate of drug-likeness (QED) is 0.840. The van der Waals surface area contributed by atoms with Gasteiger partial charge in [0.15, 0.2) is 0 Å². The Kier molecular flexibility index (Phi) is 4.88. The van der Waals surface area contributed by atoms with Crippen LogP contribution in [-0.2, 0) is 0 Å². The summed E-state index contributed by atoms with van der Waals surface area (Å²) < 4.78 is 5.24. The van der Waals surface area contributed by atoms with E-state index in [4.69, 9.17) is 10.5 Å². The summed E-state index contributed by atoms with van der Waals surface area (Å²) in [6, 6.07) is 18.3. The van der Waals surface area contributed by atoms with Gasteiger partial charge in [0.2, 0.25) is 0 Å². The molecule has 0 spiro atoms. The van der Waals surface area contributed by atoms with Crippen molar-refractivity contribution in [2.75, 3.05) is 7.11 Å². The smallest absolute Gasteiger partial charge is 0.119 e. The second-order valence-electron chi connectivity index (χ2n) is 4.44. The van der Waals surface area contributed by atoms with Gasteiger partial charge < -0.3 is 10.5 Å². The van der Waals surface area contributed by atoms with E-state index in [2.05, 4.69) is 25.1 Å². The molecule has 0 aliphatic carbocycles. The van der Waals surface area contributed by atoms with Gasteiger partial charge in [-0.3, -0.25) is 0 Å². The first kappa shape index (κ1) is 14.0. The van der Waals surface area contributed by atoms with Crippen LogP contribution in [0.25, 0.3) is 0 Å². The summed E-state index contributed by atoms with van der Waals surface area (Å²) in [5.74, 6) is 0.880. The molecule has 2 aromatic carbocycles. The molecule has 2 N–H and O–H groups in total. The van der Waals surface area contributed by atoms with Crippen LogP contribution >= 0.6 is 11.8 Å². The second-order valence-corrected chi connectivity index (χ2v) is 5.89. The molecule has 3 heteroatoms. The van der Waals surface area contributed by atoms with E-state index < -0.39 is 0 Å². The van der Waals surface area contributed by atoms with Gasteiger partial charge in [-0.25, -0.2) is 0 Å². The maximum absolute atomic E-state index is 6.30. The number of ether oxygens (including phenoxy) is 1. The van der Waals surface area contributed by atoms with Gasteiger partial charge >= 0.3 is 0 Å². The molecule has 2 rings (SSSR count). The van der Waals surface area contributed by atoms with E-state index >= 15 is 0 Å². The van der Waals surface area contributed by atoms with Gasteiger partial charge in [-0.2, -0.15) is 0 Å². The zero-order valence-electron chi connectivity index (χ0n) is 11.2. The molecule has 0 heterocycles. The maximum atomic E-state index is 6.30. The lowest BCUT2D eigenvalue weighted by atomic mass is 10.1. The van der Waals surface area contributed by atoms with Gasteiger partial charge in [-0.15, -0.1) is 11.8 Å². The van der Waals surface area contributed by atoms with E-state index in [1.807, 2.05) is 36.4 Å². The number of hydrogen-bond donors (Lipinski definition) is 1. The number of thioether (sulfide) groups is 1. The Bertz CT molecular complexity index is 515. The molecule has 0 aliphatic heterocycles. The lowest BCUT2D eigenvalue weighted by molar-refractivity contribution is 0.413. The molecule has 0 saturated heterocycles. The Labute approximate surface area is 119 Å². The van der Waals surface area contributed by atoms with Crippen LogP contribution in [0.4, 0.5) is 0 Å². The minimum absolute atomic E-state index is 0.0254. The molecule has 2 unspecified atom stereocenters. The van der Waals surface area contributed by atoms with Crippen LogP contribution in [-0.4, -0.2) is 12.4 Å². The number of nitrogens with two attached hydrogens (primary N) is 1. The van der Waals surface area contributed by atoms with Gasteiger partial charge in [0.25, 0.3) is 0 Å². The molecular formula is C16H19NOS. The summed E-state index contributed by atoms with van der Waals surface area (Å²) in [5.41, 5.74) is 7.48. The molecule has 0 radical (unpaired) electrons. The SMILES string of the molecule is COc1cccc(SC(C)C(N)c2ccccc2)c1. The number of methoxy groups -OCH3 is 1. The predicted octanol–water partition coefficient (Wildman–Crippen LogP) is 3.88. The zero-order chi connectivity index (χ0) is 13.7. The van der Waals surface area contributed by atoms with Crippen molar-refractivity contribution < 1.29 is 4.74 Å². The summed E-state index contributed by atoms with van der Waals surface area (Å²) in [4.78, 5) is 1.18. The Balaban J connectivity index is 2.06. The molecule has 0 aromatic heterocycles. The van der Waals surface area contributed by atoms with Crippen LogP contribution in [0.2, 0.25) is 0 Å². The first-order valence-corrected chi connectivity index (χ1v) is 7.20. The maximum Gasteiger partial charge on any atom is 0.119 e. The van der Waals surface area contributed by atoms with Gasteiger partial charge in [-0.1, -0.05) is 43.3 Å². The Morgan fingerprint density at radius 2 is 1.79 bits per heavy atom. The molecule has 0 amide bonds. The first-order valence-electron chi connectivity index (χ1n) is 6.32. The van der Waals surface area contributed by atoms with Crippen molar-refractivity contribution in [2.45, 2.75) is 23.1 Å². The number of benzene rings is 2. The van der Waals surface area contributed by atoms with Crippen LogP contribution < -0.4 is 10.5 Å². The van der Waals surface area contributed by atoms with E-state index in [1.54, 1.807) is 18.9 Å². The third kappa shape index (κ3) is 3.75. The van der Waals surface area contributed by atoms with Crippen LogP contribution in [0, 0.1) is 0 Å². The largest absolute Gasteiger partial charge is 0.497 e. The highest BCUT2D eigenvalue weighted by molar-refractivity contribution is 8.00. The number of hydrogen-bond acceptors (Lipinski definition) is 3. The standard InChI is InChI=1S/C16H19NOS/c1-12(16(17)13-7-4-3-5-8-13)19-15-10-6-9-14(11-15)18-2/h3-12,16H,17H2,1-2H3. The summed E-state index contributed by atoms with van der Waals surface area (Å²) in [6.45, 7) is 2.15. The molecule has 0 bridgehead atoms. The molecule has 2 nitrogen and oxygen atoms in total. The van der Waals surface area contributed by atoms with Gasteiger partial charge in [0.05, 0.1) is 7.11 Å². The van der Waals surface area contributed by atoms with Crippen LogP contribution in [0.5, 0.6) is 5.75 Å². The van der Waals surface area contributed by atoms with E-state index in [1.165, 1.54) is 10.5 Å². The average molecular weight is 273 g/mol. The van der Waals surface area contributed by atoms with Crippen LogP contribution in [0.15, 0.2) is 59.5 Å². The molecule has 0 fully saturated rings. The highest BCUT2D eigenvalue weighted by atomic mass is 32.2. The van der Waals surface area contributed by atoms with Crippen LogP contribution in [0.1, 0.15) is 18.5 Å². The molecule has 0 saturated carbocycles. The third-order valence-electron chi connectivity index (χ3n) is 3.05. The van der Waals surface area contributed by atoms with E-state index in [-0.39, 0.29) is 6.04 Å². The fourth-order valence-corrected chi connectivity index (χ4v) is 2.98. The molecule has 100 valence electrons. The fraction of sp³-hybridized carbons (Fsp3) is 0.250. The molecule has 2 atom stereocenters. The van der Waals surface area contributed by atoms with E-state index in [9.17, 15) is 0 Å². The van der Waals surface area contributed by atoms with Crippen molar-refractivity contribution in [1.29, 1.82) is 0 Å². The van der Waals surface area contributed by atoms with Crippen molar-refractivity contribution in [3.8, 4) is 5.75 Å². The summed E-state index contributed by atoms with van der Waals surface area (Å²) in [6.07, 6.45) is 0. The molecule has 0 aliphatic rings. The second kappa shape index (κ2) is 6.64. The van der Waals surface area contributed by atoms with Crippen LogP contribution in [0.3, 0.4) is 0 Å². The summed E-state index contributed by atoms with van der Waals surface area (Å²) >= 11 is 1.77. The Hall–Kier alpha value is -1.45. The highest BCUT2D eigenvalue weighted by Crippen LogP contribution is 2.32. The Morgan fingerprint density at radius 1 is 1.05 bits per heavy atom. The van der Waals surface area contributed by atoms with Crippen molar-refractivity contribution >= 4 is 11.8 Å². The third-order valence-corrected chi connectivity index (χ3v) is 4.24. The molecule has 19 heavy (non-hydrogen) atoms. The predicted molar refractivity (Wildman–Crippen MR) is 81.7 cm³/mol. The zero-order valence-corrected chi connectivity index (χ0v) is 12.1. The van der Waals surface area contributed by atoms with Crippen molar-refractivity contribution in [1.82, 2.24) is 0 Å². The van der Waals surface area contributed by atoms with Gasteiger partial charge in [0.1, 0.15) is 5.75 Å². The topological polar surface area (TPSA) is 35.2 Å². The lowest BCUT2D eigenvalue weighted by Gasteiger charge is -2.20. The minimum atomic E-state index is 0.0254. The van der Waals surface area contributed by atoms with Crippen molar-refractivity contribution in [2.24, 2.45) is 5.73 Å². The normalized spacial score (nSPS) is 13.8. The van der Waals surface area contributed by atoms with Gasteiger partial charge in [0, 0.05) is 16.2 Å². The van der Waals surface area contributed by atoms with Gasteiger partial charge in [-0.05, 0) is 23.8 Å².